The maximum absolute atomic E-state index is 14.1. The molecule has 4 nitrogen and oxygen atoms in total. The molecule has 0 spiro atoms. The molecule has 2 aromatic rings. The van der Waals surface area contributed by atoms with Gasteiger partial charge in [-0.25, -0.2) is 12.8 Å². The van der Waals surface area contributed by atoms with Gasteiger partial charge in [0.15, 0.2) is 0 Å². The van der Waals surface area contributed by atoms with E-state index in [1.807, 2.05) is 0 Å². The highest BCUT2D eigenvalue weighted by molar-refractivity contribution is 7.92. The SMILES string of the molecule is NCc1cc(Cl)cc(S(=O)(=O)Nc2ccccc2)c1F. The van der Waals surface area contributed by atoms with Crippen molar-refractivity contribution in [1.29, 1.82) is 0 Å². The van der Waals surface area contributed by atoms with E-state index in [4.69, 9.17) is 17.3 Å². The highest BCUT2D eigenvalue weighted by Crippen LogP contribution is 2.25. The van der Waals surface area contributed by atoms with Crippen LogP contribution in [-0.2, 0) is 16.6 Å². The largest absolute Gasteiger partial charge is 0.326 e. The first-order valence-electron chi connectivity index (χ1n) is 5.70. The van der Waals surface area contributed by atoms with Gasteiger partial charge in [-0.2, -0.15) is 0 Å². The van der Waals surface area contributed by atoms with Gasteiger partial charge in [0.1, 0.15) is 10.7 Å². The number of hydrogen-bond donors (Lipinski definition) is 2. The van der Waals surface area contributed by atoms with Crippen LogP contribution in [0.4, 0.5) is 10.1 Å². The molecule has 0 aliphatic heterocycles. The number of rotatable bonds is 4. The lowest BCUT2D eigenvalue weighted by molar-refractivity contribution is 0.561. The number of hydrogen-bond acceptors (Lipinski definition) is 3. The summed E-state index contributed by atoms with van der Waals surface area (Å²) >= 11 is 5.80. The van der Waals surface area contributed by atoms with E-state index in [-0.39, 0.29) is 17.1 Å². The van der Waals surface area contributed by atoms with E-state index in [1.54, 1.807) is 30.3 Å². The average molecular weight is 315 g/mol. The Hall–Kier alpha value is -1.63. The topological polar surface area (TPSA) is 72.2 Å². The fourth-order valence-electron chi connectivity index (χ4n) is 1.68. The second kappa shape index (κ2) is 5.78. The summed E-state index contributed by atoms with van der Waals surface area (Å²) in [5.74, 6) is -0.889. The molecule has 0 radical (unpaired) electrons. The minimum Gasteiger partial charge on any atom is -0.326 e. The fourth-order valence-corrected chi connectivity index (χ4v) is 3.19. The second-order valence-electron chi connectivity index (χ2n) is 4.05. The van der Waals surface area contributed by atoms with E-state index in [1.165, 1.54) is 6.07 Å². The Bertz CT molecular complexity index is 721. The quantitative estimate of drug-likeness (QED) is 0.911. The molecule has 7 heteroatoms. The van der Waals surface area contributed by atoms with Crippen molar-refractivity contribution in [1.82, 2.24) is 0 Å². The molecule has 0 unspecified atom stereocenters. The smallest absolute Gasteiger partial charge is 0.264 e. The van der Waals surface area contributed by atoms with Crippen molar-refractivity contribution in [3.63, 3.8) is 0 Å². The molecule has 106 valence electrons. The molecule has 0 heterocycles. The van der Waals surface area contributed by atoms with Crippen LogP contribution in [0.25, 0.3) is 0 Å². The first-order valence-corrected chi connectivity index (χ1v) is 7.56. The van der Waals surface area contributed by atoms with Gasteiger partial charge in [0, 0.05) is 22.8 Å². The van der Waals surface area contributed by atoms with Gasteiger partial charge in [0.05, 0.1) is 0 Å². The number of nitrogens with one attached hydrogen (secondary N) is 1. The van der Waals surface area contributed by atoms with Crippen molar-refractivity contribution in [2.24, 2.45) is 5.73 Å². The van der Waals surface area contributed by atoms with Crippen LogP contribution < -0.4 is 10.5 Å². The van der Waals surface area contributed by atoms with E-state index in [0.29, 0.717) is 5.69 Å². The first kappa shape index (κ1) is 14.8. The lowest BCUT2D eigenvalue weighted by Gasteiger charge is -2.11. The molecule has 0 amide bonds. The molecule has 3 N–H and O–H groups in total. The van der Waals surface area contributed by atoms with Crippen molar-refractivity contribution in [3.8, 4) is 0 Å². The third-order valence-corrected chi connectivity index (χ3v) is 4.21. The van der Waals surface area contributed by atoms with Gasteiger partial charge in [0.25, 0.3) is 10.0 Å². The molecule has 2 aromatic carbocycles. The van der Waals surface area contributed by atoms with E-state index >= 15 is 0 Å². The summed E-state index contributed by atoms with van der Waals surface area (Å²) in [6.07, 6.45) is 0. The number of para-hydroxylation sites is 1. The highest BCUT2D eigenvalue weighted by Gasteiger charge is 2.22. The summed E-state index contributed by atoms with van der Waals surface area (Å²) in [7, 11) is -4.06. The molecule has 0 bridgehead atoms. The zero-order valence-electron chi connectivity index (χ0n) is 10.3. The third-order valence-electron chi connectivity index (χ3n) is 2.61. The Morgan fingerprint density at radius 2 is 1.85 bits per heavy atom. The van der Waals surface area contributed by atoms with Crippen LogP contribution >= 0.6 is 11.6 Å². The maximum atomic E-state index is 14.1. The summed E-state index contributed by atoms with van der Waals surface area (Å²) in [6, 6.07) is 10.5. The normalized spacial score (nSPS) is 11.3. The molecule has 20 heavy (non-hydrogen) atoms. The Kier molecular flexibility index (Phi) is 4.27. The first-order chi connectivity index (χ1) is 9.44. The van der Waals surface area contributed by atoms with Crippen LogP contribution in [0.2, 0.25) is 5.02 Å². The standard InChI is InChI=1S/C13H12ClFN2O2S/c14-10-6-9(8-16)13(15)12(7-10)20(18,19)17-11-4-2-1-3-5-11/h1-7,17H,8,16H2. The van der Waals surface area contributed by atoms with Gasteiger partial charge in [-0.05, 0) is 24.3 Å². The second-order valence-corrected chi connectivity index (χ2v) is 6.14. The van der Waals surface area contributed by atoms with Crippen molar-refractivity contribution in [3.05, 3.63) is 58.9 Å². The van der Waals surface area contributed by atoms with E-state index in [9.17, 15) is 12.8 Å². The number of halogens is 2. The highest BCUT2D eigenvalue weighted by atomic mass is 35.5. The van der Waals surface area contributed by atoms with Crippen LogP contribution in [0.15, 0.2) is 47.4 Å². The summed E-state index contributed by atoms with van der Waals surface area (Å²) in [6.45, 7) is -0.139. The molecular weight excluding hydrogens is 303 g/mol. The maximum Gasteiger partial charge on any atom is 0.264 e. The lowest BCUT2D eigenvalue weighted by Crippen LogP contribution is -2.16. The van der Waals surface area contributed by atoms with E-state index in [2.05, 4.69) is 4.72 Å². The predicted octanol–water partition coefficient (Wildman–Crippen LogP) is 2.74. The zero-order valence-corrected chi connectivity index (χ0v) is 11.9. The van der Waals surface area contributed by atoms with Crippen LogP contribution in [0.1, 0.15) is 5.56 Å². The summed E-state index contributed by atoms with van der Waals surface area (Å²) in [4.78, 5) is -0.519. The van der Waals surface area contributed by atoms with Gasteiger partial charge in [-0.3, -0.25) is 4.72 Å². The van der Waals surface area contributed by atoms with E-state index in [0.717, 1.165) is 6.07 Å². The van der Waals surface area contributed by atoms with Gasteiger partial charge >= 0.3 is 0 Å². The van der Waals surface area contributed by atoms with Crippen molar-refractivity contribution in [2.45, 2.75) is 11.4 Å². The Balaban J connectivity index is 2.47. The number of benzene rings is 2. The number of anilines is 1. The van der Waals surface area contributed by atoms with Gasteiger partial charge in [-0.1, -0.05) is 29.8 Å². The molecule has 2 rings (SSSR count). The van der Waals surface area contributed by atoms with Crippen molar-refractivity contribution >= 4 is 27.3 Å². The number of nitrogens with two attached hydrogens (primary N) is 1. The van der Waals surface area contributed by atoms with Crippen LogP contribution in [0.5, 0.6) is 0 Å². The minimum absolute atomic E-state index is 0.0472. The fraction of sp³-hybridized carbons (Fsp3) is 0.0769. The summed E-state index contributed by atoms with van der Waals surface area (Å²) in [5, 5.41) is 0.111. The molecule has 0 aliphatic rings. The molecule has 0 saturated carbocycles. The van der Waals surface area contributed by atoms with Crippen molar-refractivity contribution < 1.29 is 12.8 Å². The average Bonchev–Trinajstić information content (AvgIpc) is 2.41. The zero-order chi connectivity index (χ0) is 14.8. The predicted molar refractivity (Wildman–Crippen MR) is 76.6 cm³/mol. The van der Waals surface area contributed by atoms with Gasteiger partial charge < -0.3 is 5.73 Å². The lowest BCUT2D eigenvalue weighted by atomic mass is 10.2. The van der Waals surface area contributed by atoms with Gasteiger partial charge in [-0.15, -0.1) is 0 Å². The van der Waals surface area contributed by atoms with Crippen LogP contribution in [0.3, 0.4) is 0 Å². The molecular formula is C13H12ClFN2O2S. The Morgan fingerprint density at radius 1 is 1.20 bits per heavy atom. The number of sulfonamides is 1. The third kappa shape index (κ3) is 3.09. The molecule has 0 atom stereocenters. The van der Waals surface area contributed by atoms with Crippen LogP contribution in [0, 0.1) is 5.82 Å². The molecule has 0 saturated heterocycles. The monoisotopic (exact) mass is 314 g/mol. The van der Waals surface area contributed by atoms with Crippen LogP contribution in [-0.4, -0.2) is 8.42 Å². The van der Waals surface area contributed by atoms with Gasteiger partial charge in [0.2, 0.25) is 0 Å². The Labute approximate surface area is 121 Å². The van der Waals surface area contributed by atoms with Crippen molar-refractivity contribution in [2.75, 3.05) is 4.72 Å². The molecule has 0 aromatic heterocycles. The Morgan fingerprint density at radius 3 is 2.45 bits per heavy atom. The summed E-state index contributed by atoms with van der Waals surface area (Å²) < 4.78 is 40.8. The molecule has 0 fully saturated rings. The summed E-state index contributed by atoms with van der Waals surface area (Å²) in [5.41, 5.74) is 5.75. The van der Waals surface area contributed by atoms with E-state index < -0.39 is 20.7 Å². The minimum atomic E-state index is -4.06. The molecule has 0 aliphatic carbocycles.